The van der Waals surface area contributed by atoms with Crippen LogP contribution in [-0.2, 0) is 4.74 Å². The molecule has 0 bridgehead atoms. The molecular formula is C10H19NO. The second-order valence-corrected chi connectivity index (χ2v) is 3.30. The lowest BCUT2D eigenvalue weighted by atomic mass is 10.00. The quantitative estimate of drug-likeness (QED) is 0.610. The van der Waals surface area contributed by atoms with Crippen LogP contribution in [0, 0.1) is 18.3 Å². The molecule has 0 aliphatic heterocycles. The molecule has 0 aromatic rings. The first-order valence-electron chi connectivity index (χ1n) is 4.38. The molecule has 0 saturated heterocycles. The van der Waals surface area contributed by atoms with Crippen LogP contribution in [-0.4, -0.2) is 19.8 Å². The molecule has 0 aliphatic carbocycles. The average Bonchev–Trinajstić information content (AvgIpc) is 2.01. The third-order valence-corrected chi connectivity index (χ3v) is 1.82. The van der Waals surface area contributed by atoms with E-state index >= 15 is 0 Å². The van der Waals surface area contributed by atoms with Crippen molar-refractivity contribution in [3.8, 4) is 12.3 Å². The van der Waals surface area contributed by atoms with E-state index in [9.17, 15) is 0 Å². The molecule has 2 nitrogen and oxygen atoms in total. The zero-order valence-corrected chi connectivity index (χ0v) is 8.05. The molecule has 2 unspecified atom stereocenters. The van der Waals surface area contributed by atoms with Gasteiger partial charge in [-0.2, -0.15) is 0 Å². The van der Waals surface area contributed by atoms with Crippen LogP contribution in [0.3, 0.4) is 0 Å². The van der Waals surface area contributed by atoms with E-state index in [1.54, 1.807) is 7.11 Å². The van der Waals surface area contributed by atoms with Gasteiger partial charge < -0.3 is 10.5 Å². The van der Waals surface area contributed by atoms with E-state index in [0.717, 1.165) is 25.9 Å². The van der Waals surface area contributed by atoms with Crippen LogP contribution in [0.15, 0.2) is 0 Å². The first-order valence-corrected chi connectivity index (χ1v) is 4.38. The zero-order valence-electron chi connectivity index (χ0n) is 8.05. The molecule has 0 amide bonds. The van der Waals surface area contributed by atoms with Crippen molar-refractivity contribution in [2.24, 2.45) is 11.7 Å². The normalized spacial score (nSPS) is 15.2. The van der Waals surface area contributed by atoms with Gasteiger partial charge in [-0.1, -0.05) is 6.92 Å². The maximum atomic E-state index is 5.84. The average molecular weight is 169 g/mol. The molecule has 2 heteroatoms. The van der Waals surface area contributed by atoms with Gasteiger partial charge in [0.25, 0.3) is 0 Å². The van der Waals surface area contributed by atoms with Crippen LogP contribution < -0.4 is 5.73 Å². The fourth-order valence-electron chi connectivity index (χ4n) is 1.26. The number of ether oxygens (including phenoxy) is 1. The summed E-state index contributed by atoms with van der Waals surface area (Å²) in [5, 5.41) is 0. The Kier molecular flexibility index (Phi) is 6.84. The molecule has 0 rings (SSSR count). The summed E-state index contributed by atoms with van der Waals surface area (Å²) in [6.07, 6.45) is 7.83. The lowest BCUT2D eigenvalue weighted by Crippen LogP contribution is -2.24. The van der Waals surface area contributed by atoms with Crippen LogP contribution >= 0.6 is 0 Å². The Morgan fingerprint density at radius 3 is 2.75 bits per heavy atom. The fraction of sp³-hybridized carbons (Fsp3) is 0.800. The second kappa shape index (κ2) is 7.15. The first kappa shape index (κ1) is 11.5. The van der Waals surface area contributed by atoms with Crippen LogP contribution in [0.1, 0.15) is 26.2 Å². The van der Waals surface area contributed by atoms with Gasteiger partial charge in [0, 0.05) is 26.2 Å². The monoisotopic (exact) mass is 169 g/mol. The highest BCUT2D eigenvalue weighted by Gasteiger charge is 2.07. The van der Waals surface area contributed by atoms with Gasteiger partial charge in [0.2, 0.25) is 0 Å². The third-order valence-electron chi connectivity index (χ3n) is 1.82. The van der Waals surface area contributed by atoms with Gasteiger partial charge in [0.05, 0.1) is 0 Å². The van der Waals surface area contributed by atoms with E-state index < -0.39 is 0 Å². The Morgan fingerprint density at radius 1 is 1.58 bits per heavy atom. The summed E-state index contributed by atoms with van der Waals surface area (Å²) in [6.45, 7) is 2.92. The van der Waals surface area contributed by atoms with Crippen molar-refractivity contribution in [2.75, 3.05) is 13.7 Å². The number of terminal acetylenes is 1. The summed E-state index contributed by atoms with van der Waals surface area (Å²) in [4.78, 5) is 0. The van der Waals surface area contributed by atoms with Gasteiger partial charge in [-0.05, 0) is 18.8 Å². The summed E-state index contributed by atoms with van der Waals surface area (Å²) in [5.74, 6) is 3.12. The number of hydrogen-bond acceptors (Lipinski definition) is 2. The predicted octanol–water partition coefficient (Wildman–Crippen LogP) is 1.40. The molecule has 0 heterocycles. The van der Waals surface area contributed by atoms with Gasteiger partial charge in [-0.15, -0.1) is 12.3 Å². The lowest BCUT2D eigenvalue weighted by Gasteiger charge is -2.15. The Balaban J connectivity index is 3.41. The maximum Gasteiger partial charge on any atom is 0.0488 e. The molecular weight excluding hydrogens is 150 g/mol. The first-order chi connectivity index (χ1) is 5.70. The number of rotatable bonds is 6. The summed E-state index contributed by atoms with van der Waals surface area (Å²) >= 11 is 0. The Morgan fingerprint density at radius 2 is 2.25 bits per heavy atom. The number of nitrogens with two attached hydrogens (primary N) is 1. The smallest absolute Gasteiger partial charge is 0.0488 e. The van der Waals surface area contributed by atoms with Gasteiger partial charge in [-0.3, -0.25) is 0 Å². The third kappa shape index (κ3) is 6.21. The van der Waals surface area contributed by atoms with Crippen LogP contribution in [0.5, 0.6) is 0 Å². The molecule has 2 N–H and O–H groups in total. The SMILES string of the molecule is C#CCCC(N)CC(C)COC. The molecule has 0 aromatic heterocycles. The minimum atomic E-state index is 0.228. The molecule has 2 atom stereocenters. The number of methoxy groups -OCH3 is 1. The largest absolute Gasteiger partial charge is 0.384 e. The van der Waals surface area contributed by atoms with Gasteiger partial charge in [0.15, 0.2) is 0 Å². The molecule has 0 fully saturated rings. The van der Waals surface area contributed by atoms with Gasteiger partial charge in [-0.25, -0.2) is 0 Å². The Labute approximate surface area is 75.5 Å². The standard InChI is InChI=1S/C10H19NO/c1-4-5-6-10(11)7-9(2)8-12-3/h1,9-10H,5-8,11H2,2-3H3. The number of hydrogen-bond donors (Lipinski definition) is 1. The molecule has 0 saturated carbocycles. The van der Waals surface area contributed by atoms with Gasteiger partial charge in [0.1, 0.15) is 0 Å². The Hall–Kier alpha value is -0.520. The van der Waals surface area contributed by atoms with E-state index in [4.69, 9.17) is 16.9 Å². The van der Waals surface area contributed by atoms with E-state index in [1.165, 1.54) is 0 Å². The molecule has 0 radical (unpaired) electrons. The van der Waals surface area contributed by atoms with Gasteiger partial charge >= 0.3 is 0 Å². The zero-order chi connectivity index (χ0) is 9.40. The molecule has 0 spiro atoms. The highest BCUT2D eigenvalue weighted by Crippen LogP contribution is 2.08. The summed E-state index contributed by atoms with van der Waals surface area (Å²) in [7, 11) is 1.71. The van der Waals surface area contributed by atoms with E-state index in [-0.39, 0.29) is 6.04 Å². The summed E-state index contributed by atoms with van der Waals surface area (Å²) in [5.41, 5.74) is 5.84. The van der Waals surface area contributed by atoms with E-state index in [0.29, 0.717) is 5.92 Å². The molecule has 0 aromatic carbocycles. The van der Waals surface area contributed by atoms with Crippen molar-refractivity contribution in [3.63, 3.8) is 0 Å². The van der Waals surface area contributed by atoms with E-state index in [1.807, 2.05) is 0 Å². The van der Waals surface area contributed by atoms with E-state index in [2.05, 4.69) is 12.8 Å². The highest BCUT2D eigenvalue weighted by molar-refractivity contribution is 4.85. The summed E-state index contributed by atoms with van der Waals surface area (Å²) < 4.78 is 5.01. The van der Waals surface area contributed by atoms with Crippen molar-refractivity contribution in [1.29, 1.82) is 0 Å². The summed E-state index contributed by atoms with van der Waals surface area (Å²) in [6, 6.07) is 0.228. The minimum absolute atomic E-state index is 0.228. The lowest BCUT2D eigenvalue weighted by molar-refractivity contribution is 0.151. The molecule has 12 heavy (non-hydrogen) atoms. The van der Waals surface area contributed by atoms with Crippen LogP contribution in [0.2, 0.25) is 0 Å². The molecule has 0 aliphatic rings. The topological polar surface area (TPSA) is 35.2 Å². The fourth-order valence-corrected chi connectivity index (χ4v) is 1.26. The highest BCUT2D eigenvalue weighted by atomic mass is 16.5. The van der Waals surface area contributed by atoms with Crippen molar-refractivity contribution in [2.45, 2.75) is 32.2 Å². The van der Waals surface area contributed by atoms with Crippen molar-refractivity contribution in [1.82, 2.24) is 0 Å². The maximum absolute atomic E-state index is 5.84. The second-order valence-electron chi connectivity index (χ2n) is 3.30. The van der Waals surface area contributed by atoms with Crippen molar-refractivity contribution in [3.05, 3.63) is 0 Å². The van der Waals surface area contributed by atoms with Crippen molar-refractivity contribution < 1.29 is 4.74 Å². The Bertz CT molecular complexity index is 139. The predicted molar refractivity (Wildman–Crippen MR) is 51.7 cm³/mol. The van der Waals surface area contributed by atoms with Crippen LogP contribution in [0.4, 0.5) is 0 Å². The minimum Gasteiger partial charge on any atom is -0.384 e. The van der Waals surface area contributed by atoms with Crippen LogP contribution in [0.25, 0.3) is 0 Å². The molecule has 70 valence electrons. The van der Waals surface area contributed by atoms with Crippen molar-refractivity contribution >= 4 is 0 Å².